The minimum absolute atomic E-state index is 0.0626. The predicted octanol–water partition coefficient (Wildman–Crippen LogP) is 4.45. The molecule has 0 bridgehead atoms. The summed E-state index contributed by atoms with van der Waals surface area (Å²) in [5, 5.41) is 6.92. The zero-order valence-electron chi connectivity index (χ0n) is 15.8. The molecule has 0 radical (unpaired) electrons. The minimum atomic E-state index is -0.0904. The summed E-state index contributed by atoms with van der Waals surface area (Å²) in [4.78, 5) is 23.3. The van der Waals surface area contributed by atoms with Crippen molar-refractivity contribution in [2.24, 2.45) is 0 Å². The van der Waals surface area contributed by atoms with Crippen LogP contribution in [0.2, 0.25) is 0 Å². The van der Waals surface area contributed by atoms with Gasteiger partial charge in [-0.15, -0.1) is 0 Å². The number of pyridine rings is 1. The molecule has 1 aliphatic heterocycles. The highest BCUT2D eigenvalue weighted by Crippen LogP contribution is 2.31. The van der Waals surface area contributed by atoms with Crippen LogP contribution in [0.4, 0.5) is 10.5 Å². The molecular weight excluding hydrogens is 354 g/mol. The highest BCUT2D eigenvalue weighted by atomic mass is 16.5. The van der Waals surface area contributed by atoms with Crippen molar-refractivity contribution in [2.75, 3.05) is 11.9 Å². The molecule has 1 aromatic carbocycles. The minimum Gasteiger partial charge on any atom is -0.334 e. The van der Waals surface area contributed by atoms with E-state index < -0.39 is 0 Å². The molecule has 1 atom stereocenters. The molecule has 1 aliphatic rings. The molecule has 2 aromatic heterocycles. The second kappa shape index (κ2) is 8.21. The number of piperidine rings is 1. The van der Waals surface area contributed by atoms with E-state index in [0.717, 1.165) is 49.0 Å². The zero-order chi connectivity index (χ0) is 19.3. The SMILES string of the molecule is CCc1noc(-c2ccc(NC(=O)N3CCCCC3c3cccnc3)cc2)n1. The number of benzene rings is 1. The summed E-state index contributed by atoms with van der Waals surface area (Å²) in [5.41, 5.74) is 2.65. The number of carbonyl (C=O) groups excluding carboxylic acids is 1. The number of amides is 2. The van der Waals surface area contributed by atoms with Crippen LogP contribution >= 0.6 is 0 Å². The van der Waals surface area contributed by atoms with Gasteiger partial charge >= 0.3 is 6.03 Å². The zero-order valence-corrected chi connectivity index (χ0v) is 15.8. The van der Waals surface area contributed by atoms with Crippen LogP contribution in [0.25, 0.3) is 11.5 Å². The van der Waals surface area contributed by atoms with Crippen molar-refractivity contribution in [3.63, 3.8) is 0 Å². The average molecular weight is 377 g/mol. The van der Waals surface area contributed by atoms with Gasteiger partial charge in [0.1, 0.15) is 0 Å². The number of nitrogens with zero attached hydrogens (tertiary/aromatic N) is 4. The monoisotopic (exact) mass is 377 g/mol. The van der Waals surface area contributed by atoms with Crippen molar-refractivity contribution in [3.8, 4) is 11.5 Å². The third-order valence-corrected chi connectivity index (χ3v) is 5.00. The van der Waals surface area contributed by atoms with Crippen LogP contribution in [0.1, 0.15) is 43.6 Å². The number of carbonyl (C=O) groups is 1. The van der Waals surface area contributed by atoms with E-state index in [1.54, 1.807) is 6.20 Å². The van der Waals surface area contributed by atoms with Gasteiger partial charge in [-0.3, -0.25) is 4.98 Å². The maximum atomic E-state index is 12.9. The molecule has 1 saturated heterocycles. The number of likely N-dealkylation sites (tertiary alicyclic amines) is 1. The van der Waals surface area contributed by atoms with E-state index in [1.807, 2.05) is 54.4 Å². The lowest BCUT2D eigenvalue weighted by Gasteiger charge is -2.35. The first-order valence-corrected chi connectivity index (χ1v) is 9.65. The lowest BCUT2D eigenvalue weighted by atomic mass is 9.97. The standard InChI is InChI=1S/C21H23N5O2/c1-2-19-24-20(28-25-19)15-8-10-17(11-9-15)23-21(27)26-13-4-3-7-18(26)16-6-5-12-22-14-16/h5-6,8-12,14,18H,2-4,7,13H2,1H3,(H,23,27). The Morgan fingerprint density at radius 2 is 2.11 bits per heavy atom. The molecule has 1 unspecified atom stereocenters. The fourth-order valence-electron chi connectivity index (χ4n) is 3.50. The fourth-order valence-corrected chi connectivity index (χ4v) is 3.50. The summed E-state index contributed by atoms with van der Waals surface area (Å²) in [6.07, 6.45) is 7.41. The van der Waals surface area contributed by atoms with Gasteiger partial charge in [-0.25, -0.2) is 4.79 Å². The van der Waals surface area contributed by atoms with Gasteiger partial charge in [0.25, 0.3) is 5.89 Å². The Bertz CT molecular complexity index is 923. The lowest BCUT2D eigenvalue weighted by Crippen LogP contribution is -2.41. The topological polar surface area (TPSA) is 84.2 Å². The van der Waals surface area contributed by atoms with Crippen molar-refractivity contribution >= 4 is 11.7 Å². The normalized spacial score (nSPS) is 16.8. The first kappa shape index (κ1) is 18.2. The molecule has 0 aliphatic carbocycles. The van der Waals surface area contributed by atoms with Crippen LogP contribution in [-0.4, -0.2) is 32.6 Å². The predicted molar refractivity (Wildman–Crippen MR) is 106 cm³/mol. The van der Waals surface area contributed by atoms with Gasteiger partial charge in [0.05, 0.1) is 6.04 Å². The Hall–Kier alpha value is -3.22. The van der Waals surface area contributed by atoms with E-state index >= 15 is 0 Å². The molecule has 3 aromatic rings. The molecule has 7 heteroatoms. The van der Waals surface area contributed by atoms with E-state index in [1.165, 1.54) is 0 Å². The van der Waals surface area contributed by atoms with Crippen molar-refractivity contribution in [1.82, 2.24) is 20.0 Å². The summed E-state index contributed by atoms with van der Waals surface area (Å²) in [6, 6.07) is 11.4. The third-order valence-electron chi connectivity index (χ3n) is 5.00. The maximum absolute atomic E-state index is 12.9. The van der Waals surface area contributed by atoms with E-state index in [2.05, 4.69) is 20.4 Å². The number of rotatable bonds is 4. The van der Waals surface area contributed by atoms with Crippen LogP contribution in [0.5, 0.6) is 0 Å². The number of hydrogen-bond acceptors (Lipinski definition) is 5. The first-order chi connectivity index (χ1) is 13.7. The van der Waals surface area contributed by atoms with Crippen LogP contribution < -0.4 is 5.32 Å². The molecule has 1 fully saturated rings. The van der Waals surface area contributed by atoms with Gasteiger partial charge in [-0.2, -0.15) is 4.98 Å². The quantitative estimate of drug-likeness (QED) is 0.726. The Kier molecular flexibility index (Phi) is 5.32. The van der Waals surface area contributed by atoms with Gasteiger partial charge in [0.15, 0.2) is 5.82 Å². The van der Waals surface area contributed by atoms with Crippen LogP contribution in [0.3, 0.4) is 0 Å². The number of aromatic nitrogens is 3. The second-order valence-electron chi connectivity index (χ2n) is 6.87. The van der Waals surface area contributed by atoms with E-state index in [-0.39, 0.29) is 12.1 Å². The van der Waals surface area contributed by atoms with Gasteiger partial charge in [-0.1, -0.05) is 18.1 Å². The van der Waals surface area contributed by atoms with E-state index in [9.17, 15) is 4.79 Å². The van der Waals surface area contributed by atoms with Crippen molar-refractivity contribution in [3.05, 3.63) is 60.2 Å². The van der Waals surface area contributed by atoms with Crippen LogP contribution in [-0.2, 0) is 6.42 Å². The van der Waals surface area contributed by atoms with E-state index in [0.29, 0.717) is 11.7 Å². The smallest absolute Gasteiger partial charge is 0.322 e. The summed E-state index contributed by atoms with van der Waals surface area (Å²) in [5.74, 6) is 1.17. The summed E-state index contributed by atoms with van der Waals surface area (Å²) in [6.45, 7) is 2.72. The molecular formula is C21H23N5O2. The Morgan fingerprint density at radius 1 is 1.25 bits per heavy atom. The third kappa shape index (κ3) is 3.88. The van der Waals surface area contributed by atoms with Gasteiger partial charge < -0.3 is 14.7 Å². The van der Waals surface area contributed by atoms with Crippen molar-refractivity contribution in [2.45, 2.75) is 38.6 Å². The summed E-state index contributed by atoms with van der Waals surface area (Å²) in [7, 11) is 0. The second-order valence-corrected chi connectivity index (χ2v) is 6.87. The van der Waals surface area contributed by atoms with Crippen molar-refractivity contribution in [1.29, 1.82) is 0 Å². The molecule has 0 saturated carbocycles. The number of aryl methyl sites for hydroxylation is 1. The molecule has 3 heterocycles. The first-order valence-electron chi connectivity index (χ1n) is 9.65. The highest BCUT2D eigenvalue weighted by molar-refractivity contribution is 5.90. The molecule has 28 heavy (non-hydrogen) atoms. The average Bonchev–Trinajstić information content (AvgIpc) is 3.24. The highest BCUT2D eigenvalue weighted by Gasteiger charge is 2.28. The van der Waals surface area contributed by atoms with Gasteiger partial charge in [0, 0.05) is 36.6 Å². The number of hydrogen-bond donors (Lipinski definition) is 1. The largest absolute Gasteiger partial charge is 0.334 e. The number of nitrogens with one attached hydrogen (secondary N) is 1. The molecule has 0 spiro atoms. The fraction of sp³-hybridized carbons (Fsp3) is 0.333. The molecule has 2 amide bonds. The number of anilines is 1. The van der Waals surface area contributed by atoms with E-state index in [4.69, 9.17) is 4.52 Å². The van der Waals surface area contributed by atoms with Crippen LogP contribution in [0.15, 0.2) is 53.3 Å². The lowest BCUT2D eigenvalue weighted by molar-refractivity contribution is 0.163. The van der Waals surface area contributed by atoms with Gasteiger partial charge in [0.2, 0.25) is 0 Å². The Labute approximate surface area is 163 Å². The molecule has 1 N–H and O–H groups in total. The summed E-state index contributed by atoms with van der Waals surface area (Å²) < 4.78 is 5.26. The molecule has 7 nitrogen and oxygen atoms in total. The maximum Gasteiger partial charge on any atom is 0.322 e. The van der Waals surface area contributed by atoms with Gasteiger partial charge in [-0.05, 0) is 55.2 Å². The molecule has 144 valence electrons. The van der Waals surface area contributed by atoms with Crippen molar-refractivity contribution < 1.29 is 9.32 Å². The Balaban J connectivity index is 1.46. The Morgan fingerprint density at radius 3 is 2.82 bits per heavy atom. The summed E-state index contributed by atoms with van der Waals surface area (Å²) >= 11 is 0. The molecule has 4 rings (SSSR count). The van der Waals surface area contributed by atoms with Crippen LogP contribution in [0, 0.1) is 0 Å². The number of urea groups is 1.